The molecule has 2 rings (SSSR count). The van der Waals surface area contributed by atoms with Gasteiger partial charge in [-0.1, -0.05) is 28.8 Å². The van der Waals surface area contributed by atoms with Crippen molar-refractivity contribution in [2.45, 2.75) is 62.2 Å². The van der Waals surface area contributed by atoms with Crippen LogP contribution in [0.5, 0.6) is 0 Å². The van der Waals surface area contributed by atoms with Crippen molar-refractivity contribution in [1.29, 1.82) is 0 Å². The van der Waals surface area contributed by atoms with Gasteiger partial charge in [-0.3, -0.25) is 4.79 Å². The van der Waals surface area contributed by atoms with E-state index in [1.54, 1.807) is 0 Å². The fourth-order valence-corrected chi connectivity index (χ4v) is 3.34. The highest BCUT2D eigenvalue weighted by atomic mass is 79.9. The maximum absolute atomic E-state index is 12.3. The zero-order chi connectivity index (χ0) is 11.1. The number of nitrogens with zero attached hydrogens (tertiary/aromatic N) is 1. The molecule has 1 amide bonds. The maximum Gasteiger partial charge on any atom is 0.239 e. The molecule has 1 spiro atoms. The number of carbonyl (C=O) groups is 1. The highest BCUT2D eigenvalue weighted by Crippen LogP contribution is 2.44. The average molecular weight is 274 g/mol. The Labute approximate surface area is 101 Å². The molecule has 3 heteroatoms. The van der Waals surface area contributed by atoms with E-state index in [1.165, 1.54) is 38.5 Å². The molecule has 1 heterocycles. The second kappa shape index (κ2) is 3.76. The molecule has 0 aromatic carbocycles. The number of amides is 1. The highest BCUT2D eigenvalue weighted by Gasteiger charge is 2.47. The number of hydrogen-bond acceptors (Lipinski definition) is 1. The number of halogens is 1. The quantitative estimate of drug-likeness (QED) is 0.673. The van der Waals surface area contributed by atoms with Crippen LogP contribution in [0.3, 0.4) is 0 Å². The van der Waals surface area contributed by atoms with Gasteiger partial charge in [-0.2, -0.15) is 0 Å². The Morgan fingerprint density at radius 2 is 1.73 bits per heavy atom. The first kappa shape index (κ1) is 11.4. The molecule has 0 aromatic heterocycles. The molecule has 0 aromatic rings. The fraction of sp³-hybridized carbons (Fsp3) is 0.917. The Morgan fingerprint density at radius 3 is 2.27 bits per heavy atom. The van der Waals surface area contributed by atoms with Gasteiger partial charge in [0.2, 0.25) is 5.91 Å². The molecule has 15 heavy (non-hydrogen) atoms. The minimum atomic E-state index is -0.396. The summed E-state index contributed by atoms with van der Waals surface area (Å²) < 4.78 is -0.396. The predicted molar refractivity (Wildman–Crippen MR) is 65.2 cm³/mol. The van der Waals surface area contributed by atoms with Crippen LogP contribution in [0.15, 0.2) is 0 Å². The summed E-state index contributed by atoms with van der Waals surface area (Å²) in [4.78, 5) is 14.5. The van der Waals surface area contributed by atoms with E-state index in [9.17, 15) is 4.79 Å². The van der Waals surface area contributed by atoms with Crippen molar-refractivity contribution in [2.24, 2.45) is 0 Å². The van der Waals surface area contributed by atoms with Crippen molar-refractivity contribution in [2.75, 3.05) is 6.54 Å². The van der Waals surface area contributed by atoms with Crippen molar-refractivity contribution in [3.8, 4) is 0 Å². The van der Waals surface area contributed by atoms with Crippen molar-refractivity contribution in [3.63, 3.8) is 0 Å². The molecule has 1 saturated heterocycles. The van der Waals surface area contributed by atoms with Crippen LogP contribution >= 0.6 is 15.9 Å². The monoisotopic (exact) mass is 273 g/mol. The molecule has 2 aliphatic rings. The average Bonchev–Trinajstić information content (AvgIpc) is 2.74. The molecule has 0 bridgehead atoms. The third-order valence-electron chi connectivity index (χ3n) is 3.88. The molecule has 1 aliphatic carbocycles. The molecule has 0 radical (unpaired) electrons. The Morgan fingerprint density at radius 1 is 1.20 bits per heavy atom. The van der Waals surface area contributed by atoms with E-state index in [-0.39, 0.29) is 11.4 Å². The van der Waals surface area contributed by atoms with Gasteiger partial charge in [0.25, 0.3) is 0 Å². The smallest absolute Gasteiger partial charge is 0.239 e. The van der Waals surface area contributed by atoms with E-state index in [4.69, 9.17) is 0 Å². The van der Waals surface area contributed by atoms with Crippen LogP contribution in [0, 0.1) is 0 Å². The number of rotatable bonds is 1. The molecular formula is C12H20BrNO. The summed E-state index contributed by atoms with van der Waals surface area (Å²) in [6.45, 7) is 4.88. The molecule has 0 unspecified atom stereocenters. The summed E-state index contributed by atoms with van der Waals surface area (Å²) in [6, 6.07) is 0. The lowest BCUT2D eigenvalue weighted by atomic mass is 9.93. The van der Waals surface area contributed by atoms with E-state index >= 15 is 0 Å². The molecule has 2 fully saturated rings. The third kappa shape index (κ3) is 1.95. The van der Waals surface area contributed by atoms with Crippen molar-refractivity contribution < 1.29 is 4.79 Å². The van der Waals surface area contributed by atoms with E-state index in [1.807, 2.05) is 13.8 Å². The lowest BCUT2D eigenvalue weighted by Crippen LogP contribution is -2.50. The van der Waals surface area contributed by atoms with Gasteiger partial charge in [0.05, 0.1) is 4.32 Å². The van der Waals surface area contributed by atoms with Crippen molar-refractivity contribution >= 4 is 21.8 Å². The first-order valence-electron chi connectivity index (χ1n) is 5.97. The summed E-state index contributed by atoms with van der Waals surface area (Å²) in [5, 5.41) is 0. The van der Waals surface area contributed by atoms with E-state index in [0.29, 0.717) is 0 Å². The van der Waals surface area contributed by atoms with Gasteiger partial charge >= 0.3 is 0 Å². The van der Waals surface area contributed by atoms with Gasteiger partial charge in [-0.05, 0) is 39.5 Å². The largest absolute Gasteiger partial charge is 0.336 e. The fourth-order valence-electron chi connectivity index (χ4n) is 3.13. The molecule has 1 saturated carbocycles. The normalized spacial score (nSPS) is 25.1. The summed E-state index contributed by atoms with van der Waals surface area (Å²) in [7, 11) is 0. The Hall–Kier alpha value is -0.0500. The molecular weight excluding hydrogens is 254 g/mol. The first-order valence-corrected chi connectivity index (χ1v) is 6.76. The highest BCUT2D eigenvalue weighted by molar-refractivity contribution is 9.10. The standard InChI is InChI=1S/C12H20BrNO/c1-11(2,13)10(15)14-9-5-8-12(14)6-3-4-7-12/h3-9H2,1-2H3. The summed E-state index contributed by atoms with van der Waals surface area (Å²) in [5.74, 6) is 0.280. The summed E-state index contributed by atoms with van der Waals surface area (Å²) in [6.07, 6.45) is 7.46. The molecule has 0 N–H and O–H groups in total. The van der Waals surface area contributed by atoms with Gasteiger partial charge in [-0.25, -0.2) is 0 Å². The van der Waals surface area contributed by atoms with Gasteiger partial charge < -0.3 is 4.90 Å². The zero-order valence-corrected chi connectivity index (χ0v) is 11.3. The summed E-state index contributed by atoms with van der Waals surface area (Å²) >= 11 is 3.49. The number of alkyl halides is 1. The Balaban J connectivity index is 2.18. The summed E-state index contributed by atoms with van der Waals surface area (Å²) in [5.41, 5.74) is 0.238. The molecule has 86 valence electrons. The minimum absolute atomic E-state index is 0.238. The third-order valence-corrected chi connectivity index (χ3v) is 4.22. The van der Waals surface area contributed by atoms with E-state index < -0.39 is 4.32 Å². The Bertz CT molecular complexity index is 258. The second-order valence-electron chi connectivity index (χ2n) is 5.46. The minimum Gasteiger partial charge on any atom is -0.336 e. The van der Waals surface area contributed by atoms with Crippen LogP contribution in [0.2, 0.25) is 0 Å². The van der Waals surface area contributed by atoms with Crippen LogP contribution in [0.4, 0.5) is 0 Å². The topological polar surface area (TPSA) is 20.3 Å². The van der Waals surface area contributed by atoms with Gasteiger partial charge in [0, 0.05) is 12.1 Å². The zero-order valence-electron chi connectivity index (χ0n) is 9.68. The van der Waals surface area contributed by atoms with E-state index in [0.717, 1.165) is 6.54 Å². The van der Waals surface area contributed by atoms with E-state index in [2.05, 4.69) is 20.8 Å². The van der Waals surface area contributed by atoms with Gasteiger partial charge in [0.15, 0.2) is 0 Å². The van der Waals surface area contributed by atoms with Crippen molar-refractivity contribution in [1.82, 2.24) is 4.90 Å². The first-order chi connectivity index (χ1) is 6.96. The molecule has 1 aliphatic heterocycles. The molecule has 2 nitrogen and oxygen atoms in total. The van der Waals surface area contributed by atoms with Crippen LogP contribution in [0.1, 0.15) is 52.4 Å². The van der Waals surface area contributed by atoms with Gasteiger partial charge in [0.1, 0.15) is 0 Å². The SMILES string of the molecule is CC(C)(Br)C(=O)N1CCCC12CCCC2. The van der Waals surface area contributed by atoms with Crippen LogP contribution in [0.25, 0.3) is 0 Å². The molecule has 0 atom stereocenters. The lowest BCUT2D eigenvalue weighted by molar-refractivity contribution is -0.136. The van der Waals surface area contributed by atoms with Crippen LogP contribution in [-0.2, 0) is 4.79 Å². The number of hydrogen-bond donors (Lipinski definition) is 0. The van der Waals surface area contributed by atoms with Gasteiger partial charge in [-0.15, -0.1) is 0 Å². The predicted octanol–water partition coefficient (Wildman–Crippen LogP) is 3.10. The van der Waals surface area contributed by atoms with Crippen molar-refractivity contribution in [3.05, 3.63) is 0 Å². The number of likely N-dealkylation sites (tertiary alicyclic amines) is 1. The lowest BCUT2D eigenvalue weighted by Gasteiger charge is -2.38. The second-order valence-corrected chi connectivity index (χ2v) is 7.45. The van der Waals surface area contributed by atoms with Crippen LogP contribution in [-0.4, -0.2) is 27.2 Å². The maximum atomic E-state index is 12.3. The number of carbonyl (C=O) groups excluding carboxylic acids is 1. The van der Waals surface area contributed by atoms with Crippen LogP contribution < -0.4 is 0 Å². The Kier molecular flexibility index (Phi) is 2.87.